The zero-order valence-electron chi connectivity index (χ0n) is 9.27. The second-order valence-electron chi connectivity index (χ2n) is 3.82. The Bertz CT molecular complexity index is 359. The first-order valence-electron chi connectivity index (χ1n) is 5.32. The van der Waals surface area contributed by atoms with Gasteiger partial charge in [-0.25, -0.2) is 0 Å². The molecule has 2 heterocycles. The number of nitrogens with zero attached hydrogens (tertiary/aromatic N) is 2. The molecular formula is C10H16N4OS. The molecule has 1 unspecified atom stereocenters. The molecule has 1 aromatic rings. The van der Waals surface area contributed by atoms with Crippen LogP contribution in [0.2, 0.25) is 0 Å². The summed E-state index contributed by atoms with van der Waals surface area (Å²) in [6, 6.07) is -0.0459. The van der Waals surface area contributed by atoms with E-state index in [2.05, 4.69) is 15.7 Å². The molecule has 0 bridgehead atoms. The van der Waals surface area contributed by atoms with Gasteiger partial charge < -0.3 is 10.6 Å². The minimum atomic E-state index is -0.0459. The van der Waals surface area contributed by atoms with E-state index in [4.69, 9.17) is 0 Å². The second-order valence-corrected chi connectivity index (χ2v) is 4.97. The average molecular weight is 240 g/mol. The van der Waals surface area contributed by atoms with Crippen LogP contribution in [-0.4, -0.2) is 39.8 Å². The highest BCUT2D eigenvalue weighted by molar-refractivity contribution is 7.99. The van der Waals surface area contributed by atoms with E-state index < -0.39 is 0 Å². The maximum Gasteiger partial charge on any atom is 0.238 e. The molecule has 1 atom stereocenters. The Kier molecular flexibility index (Phi) is 3.84. The van der Waals surface area contributed by atoms with Crippen molar-refractivity contribution in [1.29, 1.82) is 0 Å². The van der Waals surface area contributed by atoms with Gasteiger partial charge in [0.15, 0.2) is 0 Å². The predicted molar refractivity (Wildman–Crippen MR) is 64.2 cm³/mol. The molecule has 6 heteroatoms. The van der Waals surface area contributed by atoms with Gasteiger partial charge in [-0.1, -0.05) is 0 Å². The SMILES string of the molecule is Cn1cc(CNC(=O)C2CSCCN2)cn1. The maximum atomic E-state index is 11.8. The number of carbonyl (C=O) groups is 1. The molecule has 88 valence electrons. The van der Waals surface area contributed by atoms with Crippen LogP contribution >= 0.6 is 11.8 Å². The van der Waals surface area contributed by atoms with Crippen molar-refractivity contribution in [3.8, 4) is 0 Å². The number of thioether (sulfide) groups is 1. The number of nitrogens with one attached hydrogen (secondary N) is 2. The third-order valence-corrected chi connectivity index (χ3v) is 3.53. The van der Waals surface area contributed by atoms with E-state index in [0.717, 1.165) is 23.6 Å². The summed E-state index contributed by atoms with van der Waals surface area (Å²) < 4.78 is 1.73. The number of rotatable bonds is 3. The first kappa shape index (κ1) is 11.5. The molecule has 5 nitrogen and oxygen atoms in total. The Labute approximate surface area is 99.0 Å². The van der Waals surface area contributed by atoms with E-state index in [-0.39, 0.29) is 11.9 Å². The predicted octanol–water partition coefficient (Wildman–Crippen LogP) is -0.259. The van der Waals surface area contributed by atoms with Gasteiger partial charge in [-0.2, -0.15) is 16.9 Å². The molecule has 1 aliphatic heterocycles. The lowest BCUT2D eigenvalue weighted by Crippen LogP contribution is -2.48. The van der Waals surface area contributed by atoms with Crippen LogP contribution in [-0.2, 0) is 18.4 Å². The molecule has 1 saturated heterocycles. The van der Waals surface area contributed by atoms with Crippen LogP contribution in [0, 0.1) is 0 Å². The summed E-state index contributed by atoms with van der Waals surface area (Å²) in [6.45, 7) is 1.46. The zero-order valence-corrected chi connectivity index (χ0v) is 10.1. The minimum absolute atomic E-state index is 0.0459. The van der Waals surface area contributed by atoms with E-state index in [1.54, 1.807) is 10.9 Å². The number of aromatic nitrogens is 2. The van der Waals surface area contributed by atoms with Crippen LogP contribution in [0.1, 0.15) is 5.56 Å². The highest BCUT2D eigenvalue weighted by Gasteiger charge is 2.20. The molecule has 1 aromatic heterocycles. The quantitative estimate of drug-likeness (QED) is 0.764. The number of carbonyl (C=O) groups excluding carboxylic acids is 1. The molecule has 1 fully saturated rings. The lowest BCUT2D eigenvalue weighted by atomic mass is 10.3. The van der Waals surface area contributed by atoms with Crippen LogP contribution in [0.25, 0.3) is 0 Å². The number of hydrogen-bond acceptors (Lipinski definition) is 4. The second kappa shape index (κ2) is 5.36. The summed E-state index contributed by atoms with van der Waals surface area (Å²) in [5, 5.41) is 10.2. The summed E-state index contributed by atoms with van der Waals surface area (Å²) in [5.41, 5.74) is 1.03. The third-order valence-electron chi connectivity index (χ3n) is 2.46. The van der Waals surface area contributed by atoms with Gasteiger partial charge in [0.2, 0.25) is 5.91 Å². The summed E-state index contributed by atoms with van der Waals surface area (Å²) >= 11 is 1.82. The van der Waals surface area contributed by atoms with Crippen molar-refractivity contribution >= 4 is 17.7 Å². The van der Waals surface area contributed by atoms with Crippen molar-refractivity contribution in [1.82, 2.24) is 20.4 Å². The smallest absolute Gasteiger partial charge is 0.238 e. The summed E-state index contributed by atoms with van der Waals surface area (Å²) in [4.78, 5) is 11.8. The Hall–Kier alpha value is -1.01. The normalized spacial score (nSPS) is 20.7. The van der Waals surface area contributed by atoms with Crippen molar-refractivity contribution < 1.29 is 4.79 Å². The molecule has 1 amide bonds. The fraction of sp³-hybridized carbons (Fsp3) is 0.600. The third kappa shape index (κ3) is 2.99. The number of amides is 1. The summed E-state index contributed by atoms with van der Waals surface area (Å²) in [6.07, 6.45) is 3.67. The van der Waals surface area contributed by atoms with Crippen molar-refractivity contribution in [2.24, 2.45) is 7.05 Å². The fourth-order valence-corrected chi connectivity index (χ4v) is 2.54. The van der Waals surface area contributed by atoms with Crippen molar-refractivity contribution in [2.45, 2.75) is 12.6 Å². The first-order chi connectivity index (χ1) is 7.75. The molecule has 2 N–H and O–H groups in total. The largest absolute Gasteiger partial charge is 0.351 e. The molecule has 0 saturated carbocycles. The molecule has 0 spiro atoms. The summed E-state index contributed by atoms with van der Waals surface area (Å²) in [5.74, 6) is 2.03. The van der Waals surface area contributed by atoms with Gasteiger partial charge in [0.25, 0.3) is 0 Å². The van der Waals surface area contributed by atoms with Crippen LogP contribution in [0.5, 0.6) is 0 Å². The zero-order chi connectivity index (χ0) is 11.4. The lowest BCUT2D eigenvalue weighted by Gasteiger charge is -2.22. The van der Waals surface area contributed by atoms with Crippen LogP contribution < -0.4 is 10.6 Å². The maximum absolute atomic E-state index is 11.8. The first-order valence-corrected chi connectivity index (χ1v) is 6.47. The Morgan fingerprint density at radius 3 is 3.31 bits per heavy atom. The molecule has 0 aliphatic carbocycles. The average Bonchev–Trinajstić information content (AvgIpc) is 2.73. The highest BCUT2D eigenvalue weighted by Crippen LogP contribution is 2.07. The van der Waals surface area contributed by atoms with Crippen molar-refractivity contribution in [3.63, 3.8) is 0 Å². The minimum Gasteiger partial charge on any atom is -0.351 e. The highest BCUT2D eigenvalue weighted by atomic mass is 32.2. The van der Waals surface area contributed by atoms with Crippen LogP contribution in [0.15, 0.2) is 12.4 Å². The number of hydrogen-bond donors (Lipinski definition) is 2. The monoisotopic (exact) mass is 240 g/mol. The fourth-order valence-electron chi connectivity index (χ4n) is 1.61. The van der Waals surface area contributed by atoms with Crippen LogP contribution in [0.3, 0.4) is 0 Å². The molecule has 1 aliphatic rings. The molecule has 0 aromatic carbocycles. The van der Waals surface area contributed by atoms with Gasteiger partial charge in [-0.05, 0) is 0 Å². The van der Waals surface area contributed by atoms with E-state index in [0.29, 0.717) is 6.54 Å². The van der Waals surface area contributed by atoms with E-state index in [9.17, 15) is 4.79 Å². The standard InChI is InChI=1S/C10H16N4OS/c1-14-6-8(5-13-14)4-12-10(15)9-7-16-3-2-11-9/h5-6,9,11H,2-4,7H2,1H3,(H,12,15). The van der Waals surface area contributed by atoms with Gasteiger partial charge in [0, 0.05) is 43.4 Å². The topological polar surface area (TPSA) is 59.0 Å². The van der Waals surface area contributed by atoms with Gasteiger partial charge in [0.1, 0.15) is 0 Å². The van der Waals surface area contributed by atoms with Crippen molar-refractivity contribution in [2.75, 3.05) is 18.1 Å². The van der Waals surface area contributed by atoms with E-state index >= 15 is 0 Å². The number of aryl methyl sites for hydroxylation is 1. The van der Waals surface area contributed by atoms with Gasteiger partial charge in [-0.15, -0.1) is 0 Å². The Morgan fingerprint density at radius 1 is 1.81 bits per heavy atom. The molecule has 16 heavy (non-hydrogen) atoms. The Morgan fingerprint density at radius 2 is 2.69 bits per heavy atom. The van der Waals surface area contributed by atoms with Crippen LogP contribution in [0.4, 0.5) is 0 Å². The Balaban J connectivity index is 1.78. The molecular weight excluding hydrogens is 224 g/mol. The van der Waals surface area contributed by atoms with E-state index in [1.807, 2.05) is 25.0 Å². The molecule has 0 radical (unpaired) electrons. The van der Waals surface area contributed by atoms with Gasteiger partial charge in [-0.3, -0.25) is 9.48 Å². The van der Waals surface area contributed by atoms with Crippen molar-refractivity contribution in [3.05, 3.63) is 18.0 Å². The lowest BCUT2D eigenvalue weighted by molar-refractivity contribution is -0.122. The van der Waals surface area contributed by atoms with Gasteiger partial charge in [0.05, 0.1) is 12.2 Å². The molecule has 2 rings (SSSR count). The summed E-state index contributed by atoms with van der Waals surface area (Å²) in [7, 11) is 1.87. The van der Waals surface area contributed by atoms with E-state index in [1.165, 1.54) is 0 Å². The van der Waals surface area contributed by atoms with Gasteiger partial charge >= 0.3 is 0 Å².